The number of rotatable bonds is 4. The molecule has 3 rings (SSSR count). The standard InChI is InChI=1S/C18H25NO/c1-12(2)16-5-3-4-6-17(16)19-18(20)11-15-10-13-7-8-14(15)9-13/h3-6,12-15H,7-11H2,1-2H3,(H,19,20)/t13-,14-,15+/m0/s1. The molecule has 1 aromatic rings. The maximum absolute atomic E-state index is 12.3. The Morgan fingerprint density at radius 1 is 1.25 bits per heavy atom. The first-order chi connectivity index (χ1) is 9.63. The molecule has 2 bridgehead atoms. The number of carbonyl (C=O) groups is 1. The molecule has 0 spiro atoms. The molecule has 108 valence electrons. The molecule has 2 nitrogen and oxygen atoms in total. The smallest absolute Gasteiger partial charge is 0.224 e. The normalized spacial score (nSPS) is 28.1. The van der Waals surface area contributed by atoms with Gasteiger partial charge in [0.25, 0.3) is 0 Å². The Morgan fingerprint density at radius 3 is 2.70 bits per heavy atom. The van der Waals surface area contributed by atoms with Crippen LogP contribution in [0.2, 0.25) is 0 Å². The van der Waals surface area contributed by atoms with Crippen molar-refractivity contribution >= 4 is 11.6 Å². The van der Waals surface area contributed by atoms with E-state index in [-0.39, 0.29) is 5.91 Å². The zero-order valence-corrected chi connectivity index (χ0v) is 12.6. The highest BCUT2D eigenvalue weighted by Gasteiger charge is 2.40. The van der Waals surface area contributed by atoms with Crippen LogP contribution in [0.3, 0.4) is 0 Å². The Labute approximate surface area is 122 Å². The van der Waals surface area contributed by atoms with Crippen molar-refractivity contribution in [2.45, 2.75) is 51.9 Å². The average Bonchev–Trinajstić information content (AvgIpc) is 3.01. The molecule has 3 atom stereocenters. The highest BCUT2D eigenvalue weighted by molar-refractivity contribution is 5.91. The van der Waals surface area contributed by atoms with Crippen LogP contribution >= 0.6 is 0 Å². The van der Waals surface area contributed by atoms with Gasteiger partial charge in [0.05, 0.1) is 0 Å². The quantitative estimate of drug-likeness (QED) is 0.853. The summed E-state index contributed by atoms with van der Waals surface area (Å²) in [5, 5.41) is 3.14. The Balaban J connectivity index is 1.62. The predicted molar refractivity (Wildman–Crippen MR) is 82.7 cm³/mol. The number of amides is 1. The number of hydrogen-bond donors (Lipinski definition) is 1. The van der Waals surface area contributed by atoms with Crippen molar-refractivity contribution < 1.29 is 4.79 Å². The van der Waals surface area contributed by atoms with Gasteiger partial charge >= 0.3 is 0 Å². The van der Waals surface area contributed by atoms with Gasteiger partial charge in [0.15, 0.2) is 0 Å². The molecule has 0 aromatic heterocycles. The molecule has 0 aliphatic heterocycles. The van der Waals surface area contributed by atoms with E-state index in [2.05, 4.69) is 25.2 Å². The molecule has 1 aromatic carbocycles. The van der Waals surface area contributed by atoms with Crippen molar-refractivity contribution in [3.63, 3.8) is 0 Å². The lowest BCUT2D eigenvalue weighted by Gasteiger charge is -2.21. The molecule has 2 fully saturated rings. The third kappa shape index (κ3) is 2.74. The topological polar surface area (TPSA) is 29.1 Å². The molecule has 0 heterocycles. The maximum Gasteiger partial charge on any atom is 0.224 e. The molecule has 0 saturated heterocycles. The van der Waals surface area contributed by atoms with Crippen molar-refractivity contribution in [3.8, 4) is 0 Å². The first-order valence-electron chi connectivity index (χ1n) is 8.02. The Kier molecular flexibility index (Phi) is 3.82. The van der Waals surface area contributed by atoms with Crippen LogP contribution in [0.1, 0.15) is 57.4 Å². The summed E-state index contributed by atoms with van der Waals surface area (Å²) in [6.07, 6.45) is 6.13. The van der Waals surface area contributed by atoms with Crippen LogP contribution in [0, 0.1) is 17.8 Å². The predicted octanol–water partition coefficient (Wildman–Crippen LogP) is 4.57. The first-order valence-corrected chi connectivity index (χ1v) is 8.02. The van der Waals surface area contributed by atoms with Crippen molar-refractivity contribution in [1.29, 1.82) is 0 Å². The molecule has 2 saturated carbocycles. The fourth-order valence-corrected chi connectivity index (χ4v) is 4.18. The van der Waals surface area contributed by atoms with Gasteiger partial charge in [-0.05, 0) is 54.6 Å². The van der Waals surface area contributed by atoms with E-state index < -0.39 is 0 Å². The summed E-state index contributed by atoms with van der Waals surface area (Å²) < 4.78 is 0. The van der Waals surface area contributed by atoms with E-state index >= 15 is 0 Å². The first kappa shape index (κ1) is 13.7. The zero-order valence-electron chi connectivity index (χ0n) is 12.6. The van der Waals surface area contributed by atoms with E-state index in [9.17, 15) is 4.79 Å². The van der Waals surface area contributed by atoms with Crippen LogP contribution in [0.25, 0.3) is 0 Å². The largest absolute Gasteiger partial charge is 0.326 e. The van der Waals surface area contributed by atoms with Gasteiger partial charge < -0.3 is 5.32 Å². The summed E-state index contributed by atoms with van der Waals surface area (Å²) >= 11 is 0. The van der Waals surface area contributed by atoms with E-state index in [0.717, 1.165) is 17.5 Å². The second-order valence-corrected chi connectivity index (χ2v) is 6.93. The van der Waals surface area contributed by atoms with Crippen molar-refractivity contribution in [1.82, 2.24) is 0 Å². The number of anilines is 1. The van der Waals surface area contributed by atoms with E-state index in [1.165, 1.54) is 31.2 Å². The Bertz CT molecular complexity index is 494. The molecule has 2 heteroatoms. The van der Waals surface area contributed by atoms with Crippen LogP contribution in [0.15, 0.2) is 24.3 Å². The summed E-state index contributed by atoms with van der Waals surface area (Å²) in [5.41, 5.74) is 2.23. The number of fused-ring (bicyclic) bond motifs is 2. The second kappa shape index (κ2) is 5.59. The fourth-order valence-electron chi connectivity index (χ4n) is 4.18. The lowest BCUT2D eigenvalue weighted by Crippen LogP contribution is -2.20. The van der Waals surface area contributed by atoms with Gasteiger partial charge in [0, 0.05) is 12.1 Å². The van der Waals surface area contributed by atoms with E-state index in [1.807, 2.05) is 18.2 Å². The molecule has 2 aliphatic rings. The molecule has 0 unspecified atom stereocenters. The summed E-state index contributed by atoms with van der Waals surface area (Å²) in [4.78, 5) is 12.3. The molecule has 1 amide bonds. The van der Waals surface area contributed by atoms with Crippen LogP contribution in [-0.4, -0.2) is 5.91 Å². The van der Waals surface area contributed by atoms with Gasteiger partial charge in [-0.25, -0.2) is 0 Å². The number of hydrogen-bond acceptors (Lipinski definition) is 1. The van der Waals surface area contributed by atoms with E-state index in [1.54, 1.807) is 0 Å². The minimum Gasteiger partial charge on any atom is -0.326 e. The number of benzene rings is 1. The van der Waals surface area contributed by atoms with Crippen molar-refractivity contribution in [2.75, 3.05) is 5.32 Å². The molecule has 20 heavy (non-hydrogen) atoms. The van der Waals surface area contributed by atoms with Crippen LogP contribution < -0.4 is 5.32 Å². The fraction of sp³-hybridized carbons (Fsp3) is 0.611. The van der Waals surface area contributed by atoms with Gasteiger partial charge in [0.1, 0.15) is 0 Å². The highest BCUT2D eigenvalue weighted by atomic mass is 16.1. The maximum atomic E-state index is 12.3. The van der Waals surface area contributed by atoms with Gasteiger partial charge in [-0.2, -0.15) is 0 Å². The molecule has 1 N–H and O–H groups in total. The minimum absolute atomic E-state index is 0.204. The van der Waals surface area contributed by atoms with Gasteiger partial charge in [-0.3, -0.25) is 4.79 Å². The lowest BCUT2D eigenvalue weighted by atomic mass is 9.86. The molecule has 0 radical (unpaired) electrons. The lowest BCUT2D eigenvalue weighted by molar-refractivity contribution is -0.117. The highest BCUT2D eigenvalue weighted by Crippen LogP contribution is 2.49. The molecular weight excluding hydrogens is 246 g/mol. The number of para-hydroxylation sites is 1. The molecule has 2 aliphatic carbocycles. The third-order valence-electron chi connectivity index (χ3n) is 5.19. The Morgan fingerprint density at radius 2 is 2.05 bits per heavy atom. The van der Waals surface area contributed by atoms with Crippen molar-refractivity contribution in [2.24, 2.45) is 17.8 Å². The van der Waals surface area contributed by atoms with Gasteiger partial charge in [0.2, 0.25) is 5.91 Å². The Hall–Kier alpha value is -1.31. The number of nitrogens with one attached hydrogen (secondary N) is 1. The zero-order chi connectivity index (χ0) is 14.1. The minimum atomic E-state index is 0.204. The van der Waals surface area contributed by atoms with Gasteiger partial charge in [-0.15, -0.1) is 0 Å². The average molecular weight is 271 g/mol. The molecular formula is C18H25NO. The van der Waals surface area contributed by atoms with Gasteiger partial charge in [-0.1, -0.05) is 38.5 Å². The SMILES string of the molecule is CC(C)c1ccccc1NC(=O)C[C@H]1C[C@H]2CC[C@H]1C2. The van der Waals surface area contributed by atoms with Crippen LogP contribution in [0.5, 0.6) is 0 Å². The van der Waals surface area contributed by atoms with E-state index in [0.29, 0.717) is 18.3 Å². The summed E-state index contributed by atoms with van der Waals surface area (Å²) in [5.74, 6) is 3.02. The summed E-state index contributed by atoms with van der Waals surface area (Å²) in [6.45, 7) is 4.34. The monoisotopic (exact) mass is 271 g/mol. The summed E-state index contributed by atoms with van der Waals surface area (Å²) in [6, 6.07) is 8.17. The second-order valence-electron chi connectivity index (χ2n) is 6.93. The summed E-state index contributed by atoms with van der Waals surface area (Å²) in [7, 11) is 0. The van der Waals surface area contributed by atoms with E-state index in [4.69, 9.17) is 0 Å². The third-order valence-corrected chi connectivity index (χ3v) is 5.19. The number of carbonyl (C=O) groups excluding carboxylic acids is 1. The van der Waals surface area contributed by atoms with Crippen molar-refractivity contribution in [3.05, 3.63) is 29.8 Å². The van der Waals surface area contributed by atoms with Crippen LogP contribution in [-0.2, 0) is 4.79 Å². The van der Waals surface area contributed by atoms with Crippen LogP contribution in [0.4, 0.5) is 5.69 Å².